The first-order valence-corrected chi connectivity index (χ1v) is 7.96. The molecular formula is C16H22BrNO5. The van der Waals surface area contributed by atoms with Gasteiger partial charge in [-0.1, -0.05) is 28.1 Å². The number of aliphatic carboxylic acids is 1. The molecule has 1 aromatic rings. The Balaban J connectivity index is 2.60. The first kappa shape index (κ1) is 19.4. The zero-order valence-corrected chi connectivity index (χ0v) is 15.2. The first-order chi connectivity index (χ1) is 10.6. The Morgan fingerprint density at radius 3 is 2.30 bits per heavy atom. The molecule has 0 aromatic heterocycles. The summed E-state index contributed by atoms with van der Waals surface area (Å²) in [5, 5.41) is 11.6. The van der Waals surface area contributed by atoms with Gasteiger partial charge in [0.1, 0.15) is 5.60 Å². The number of hydrogen-bond acceptors (Lipinski definition) is 4. The van der Waals surface area contributed by atoms with Crippen LogP contribution in [0.25, 0.3) is 0 Å². The smallest absolute Gasteiger partial charge is 0.408 e. The van der Waals surface area contributed by atoms with Crippen LogP contribution in [0.15, 0.2) is 28.7 Å². The Morgan fingerprint density at radius 1 is 1.26 bits per heavy atom. The van der Waals surface area contributed by atoms with Gasteiger partial charge in [0.2, 0.25) is 0 Å². The highest BCUT2D eigenvalue weighted by atomic mass is 79.9. The summed E-state index contributed by atoms with van der Waals surface area (Å²) in [4.78, 5) is 23.1. The molecule has 0 heterocycles. The number of rotatable bonds is 6. The fourth-order valence-electron chi connectivity index (χ4n) is 1.72. The number of carboxylic acids is 1. The van der Waals surface area contributed by atoms with Crippen molar-refractivity contribution in [3.8, 4) is 0 Å². The van der Waals surface area contributed by atoms with E-state index in [0.717, 1.165) is 10.0 Å². The van der Waals surface area contributed by atoms with Gasteiger partial charge in [-0.25, -0.2) is 9.59 Å². The summed E-state index contributed by atoms with van der Waals surface area (Å²) in [6.45, 7) is 6.95. The molecule has 23 heavy (non-hydrogen) atoms. The maximum Gasteiger partial charge on any atom is 0.408 e. The van der Waals surface area contributed by atoms with E-state index in [9.17, 15) is 14.7 Å². The number of carbonyl (C=O) groups excluding carboxylic acids is 1. The number of benzene rings is 1. The molecular weight excluding hydrogens is 366 g/mol. The third-order valence-electron chi connectivity index (χ3n) is 2.83. The Labute approximate surface area is 144 Å². The summed E-state index contributed by atoms with van der Waals surface area (Å²) in [6.07, 6.45) is -1.51. The van der Waals surface area contributed by atoms with E-state index in [1.54, 1.807) is 27.7 Å². The standard InChI is InChI=1S/C16H22BrNO5/c1-10(22-9-11-5-7-12(17)8-6-11)13(14(19)20)18-15(21)23-16(2,3)4/h5-8,10,13H,9H2,1-4H3,(H,18,21)(H,19,20). The summed E-state index contributed by atoms with van der Waals surface area (Å²) >= 11 is 3.34. The lowest BCUT2D eigenvalue weighted by Gasteiger charge is -2.25. The fourth-order valence-corrected chi connectivity index (χ4v) is 1.98. The maximum atomic E-state index is 11.7. The second-order valence-electron chi connectivity index (χ2n) is 6.10. The van der Waals surface area contributed by atoms with Crippen LogP contribution < -0.4 is 5.32 Å². The van der Waals surface area contributed by atoms with E-state index in [-0.39, 0.29) is 6.61 Å². The molecule has 1 amide bonds. The second kappa shape index (κ2) is 8.31. The number of hydrogen-bond donors (Lipinski definition) is 2. The summed E-state index contributed by atoms with van der Waals surface area (Å²) in [5.41, 5.74) is 0.204. The number of halogens is 1. The quantitative estimate of drug-likeness (QED) is 0.781. The largest absolute Gasteiger partial charge is 0.480 e. The van der Waals surface area contributed by atoms with E-state index >= 15 is 0 Å². The molecule has 6 nitrogen and oxygen atoms in total. The molecule has 0 fully saturated rings. The highest BCUT2D eigenvalue weighted by Crippen LogP contribution is 2.13. The molecule has 2 atom stereocenters. The highest BCUT2D eigenvalue weighted by Gasteiger charge is 2.29. The van der Waals surface area contributed by atoms with Gasteiger partial charge in [0.25, 0.3) is 0 Å². The minimum Gasteiger partial charge on any atom is -0.480 e. The zero-order chi connectivity index (χ0) is 17.6. The molecule has 0 aliphatic rings. The first-order valence-electron chi connectivity index (χ1n) is 7.17. The SMILES string of the molecule is CC(OCc1ccc(Br)cc1)C(NC(=O)OC(C)(C)C)C(=O)O. The van der Waals surface area contributed by atoms with Gasteiger partial charge in [-0.3, -0.25) is 0 Å². The minimum absolute atomic E-state index is 0.244. The van der Waals surface area contributed by atoms with E-state index in [1.165, 1.54) is 0 Å². The van der Waals surface area contributed by atoms with E-state index in [1.807, 2.05) is 24.3 Å². The molecule has 0 spiro atoms. The molecule has 0 radical (unpaired) electrons. The summed E-state index contributed by atoms with van der Waals surface area (Å²) < 4.78 is 11.6. The number of carbonyl (C=O) groups is 2. The molecule has 0 aliphatic carbocycles. The van der Waals surface area contributed by atoms with E-state index in [4.69, 9.17) is 9.47 Å². The molecule has 0 saturated heterocycles. The van der Waals surface area contributed by atoms with Crippen molar-refractivity contribution in [2.75, 3.05) is 0 Å². The molecule has 1 aromatic carbocycles. The van der Waals surface area contributed by atoms with Gasteiger partial charge in [-0.2, -0.15) is 0 Å². The summed E-state index contributed by atoms with van der Waals surface area (Å²) in [7, 11) is 0. The van der Waals surface area contributed by atoms with Gasteiger partial charge in [0, 0.05) is 4.47 Å². The number of ether oxygens (including phenoxy) is 2. The summed E-state index contributed by atoms with van der Waals surface area (Å²) in [6, 6.07) is 6.29. The number of carboxylic acid groups (broad SMARTS) is 1. The Hall–Kier alpha value is -1.60. The zero-order valence-electron chi connectivity index (χ0n) is 13.6. The van der Waals surface area contributed by atoms with Crippen LogP contribution in [-0.2, 0) is 20.9 Å². The lowest BCUT2D eigenvalue weighted by atomic mass is 10.1. The van der Waals surface area contributed by atoms with Crippen LogP contribution in [0.3, 0.4) is 0 Å². The Morgan fingerprint density at radius 2 is 1.83 bits per heavy atom. The second-order valence-corrected chi connectivity index (χ2v) is 7.02. The predicted molar refractivity (Wildman–Crippen MR) is 89.2 cm³/mol. The van der Waals surface area contributed by atoms with Gasteiger partial charge in [-0.15, -0.1) is 0 Å². The van der Waals surface area contributed by atoms with E-state index in [2.05, 4.69) is 21.2 Å². The van der Waals surface area contributed by atoms with Crippen LogP contribution in [0.5, 0.6) is 0 Å². The van der Waals surface area contributed by atoms with E-state index < -0.39 is 29.8 Å². The van der Waals surface area contributed by atoms with Gasteiger partial charge in [0.05, 0.1) is 12.7 Å². The Kier molecular flexibility index (Phi) is 7.02. The predicted octanol–water partition coefficient (Wildman–Crippen LogP) is 3.33. The molecule has 2 N–H and O–H groups in total. The van der Waals surface area contributed by atoms with Gasteiger partial charge in [-0.05, 0) is 45.4 Å². The maximum absolute atomic E-state index is 11.7. The van der Waals surface area contributed by atoms with Crippen LogP contribution in [-0.4, -0.2) is 34.9 Å². The lowest BCUT2D eigenvalue weighted by molar-refractivity contribution is -0.143. The van der Waals surface area contributed by atoms with Crippen molar-refractivity contribution in [3.63, 3.8) is 0 Å². The normalized spacial score (nSPS) is 14.0. The topological polar surface area (TPSA) is 84.9 Å². The van der Waals surface area contributed by atoms with Crippen LogP contribution in [0.2, 0.25) is 0 Å². The van der Waals surface area contributed by atoms with Crippen LogP contribution in [0.1, 0.15) is 33.3 Å². The third kappa shape index (κ3) is 7.47. The fraction of sp³-hybridized carbons (Fsp3) is 0.500. The van der Waals surface area contributed by atoms with Crippen molar-refractivity contribution in [1.82, 2.24) is 5.32 Å². The van der Waals surface area contributed by atoms with Crippen LogP contribution in [0, 0.1) is 0 Å². The molecule has 1 rings (SSSR count). The van der Waals surface area contributed by atoms with Gasteiger partial charge in [0.15, 0.2) is 6.04 Å². The van der Waals surface area contributed by atoms with Crippen LogP contribution in [0.4, 0.5) is 4.79 Å². The number of nitrogens with one attached hydrogen (secondary N) is 1. The third-order valence-corrected chi connectivity index (χ3v) is 3.36. The summed E-state index contributed by atoms with van der Waals surface area (Å²) in [5.74, 6) is -1.18. The van der Waals surface area contributed by atoms with Crippen molar-refractivity contribution in [2.45, 2.75) is 52.0 Å². The molecule has 0 bridgehead atoms. The van der Waals surface area contributed by atoms with Crippen molar-refractivity contribution in [2.24, 2.45) is 0 Å². The average molecular weight is 388 g/mol. The van der Waals surface area contributed by atoms with Crippen molar-refractivity contribution in [1.29, 1.82) is 0 Å². The minimum atomic E-state index is -1.19. The van der Waals surface area contributed by atoms with Gasteiger partial charge >= 0.3 is 12.1 Å². The molecule has 2 unspecified atom stereocenters. The molecule has 7 heteroatoms. The lowest BCUT2D eigenvalue weighted by Crippen LogP contribution is -2.50. The molecule has 128 valence electrons. The average Bonchev–Trinajstić information content (AvgIpc) is 2.41. The van der Waals surface area contributed by atoms with Gasteiger partial charge < -0.3 is 19.9 Å². The Bertz CT molecular complexity index is 538. The molecule has 0 aliphatic heterocycles. The monoisotopic (exact) mass is 387 g/mol. The highest BCUT2D eigenvalue weighted by molar-refractivity contribution is 9.10. The molecule has 0 saturated carbocycles. The van der Waals surface area contributed by atoms with Crippen molar-refractivity contribution >= 4 is 28.0 Å². The van der Waals surface area contributed by atoms with Crippen molar-refractivity contribution in [3.05, 3.63) is 34.3 Å². The van der Waals surface area contributed by atoms with E-state index in [0.29, 0.717) is 0 Å². The number of amides is 1. The number of alkyl carbamates (subject to hydrolysis) is 1. The van der Waals surface area contributed by atoms with Crippen LogP contribution >= 0.6 is 15.9 Å². The van der Waals surface area contributed by atoms with Crippen molar-refractivity contribution < 1.29 is 24.2 Å².